The number of hydrogen-bond donors (Lipinski definition) is 3. The van der Waals surface area contributed by atoms with Crippen molar-refractivity contribution < 1.29 is 33.4 Å². The molecular weight excluding hydrogens is 469 g/mol. The molecular formula is C26H36NO7P. The van der Waals surface area contributed by atoms with E-state index in [4.69, 9.17) is 9.47 Å². The third kappa shape index (κ3) is 10.6. The molecule has 35 heavy (non-hydrogen) atoms. The Balaban J connectivity index is 2.04. The second kappa shape index (κ2) is 14.7. The number of benzene rings is 2. The molecule has 2 aromatic carbocycles. The van der Waals surface area contributed by atoms with E-state index in [9.17, 15) is 23.9 Å². The van der Waals surface area contributed by atoms with Crippen LogP contribution in [0, 0.1) is 0 Å². The summed E-state index contributed by atoms with van der Waals surface area (Å²) in [6, 6.07) is 11.9. The molecule has 2 aromatic rings. The van der Waals surface area contributed by atoms with E-state index in [2.05, 4.69) is 12.2 Å². The number of rotatable bonds is 16. The van der Waals surface area contributed by atoms with Crippen molar-refractivity contribution in [3.63, 3.8) is 0 Å². The predicted octanol–water partition coefficient (Wildman–Crippen LogP) is 4.85. The molecule has 0 atom stereocenters. The molecule has 1 amide bonds. The molecule has 192 valence electrons. The lowest BCUT2D eigenvalue weighted by Gasteiger charge is -2.14. The first-order valence-electron chi connectivity index (χ1n) is 12.0. The van der Waals surface area contributed by atoms with Gasteiger partial charge in [0.15, 0.2) is 0 Å². The first kappa shape index (κ1) is 28.6. The molecule has 0 fully saturated rings. The topological polar surface area (TPSA) is 122 Å². The quantitative estimate of drug-likeness (QED) is 0.220. The lowest BCUT2D eigenvalue weighted by Crippen LogP contribution is -2.25. The summed E-state index contributed by atoms with van der Waals surface area (Å²) in [4.78, 5) is 41.7. The number of ether oxygens (including phenoxy) is 2. The average molecular weight is 506 g/mol. The summed E-state index contributed by atoms with van der Waals surface area (Å²) in [5, 5.41) is 2.64. The molecule has 2 rings (SSSR count). The number of nitrogens with one attached hydrogen (secondary N) is 1. The van der Waals surface area contributed by atoms with E-state index in [1.165, 1.54) is 50.8 Å². The molecule has 0 heterocycles. The van der Waals surface area contributed by atoms with Gasteiger partial charge in [-0.1, -0.05) is 51.2 Å². The molecule has 0 unspecified atom stereocenters. The summed E-state index contributed by atoms with van der Waals surface area (Å²) >= 11 is 0. The van der Waals surface area contributed by atoms with Crippen LogP contribution in [0.4, 0.5) is 0 Å². The maximum absolute atomic E-state index is 12.1. The zero-order valence-corrected chi connectivity index (χ0v) is 21.4. The summed E-state index contributed by atoms with van der Waals surface area (Å²) in [7, 11) is -4.91. The van der Waals surface area contributed by atoms with Crippen LogP contribution in [-0.2, 0) is 15.8 Å². The molecule has 0 radical (unpaired) electrons. The van der Waals surface area contributed by atoms with Crippen molar-refractivity contribution in [3.05, 3.63) is 59.2 Å². The van der Waals surface area contributed by atoms with Crippen LogP contribution in [0.25, 0.3) is 0 Å². The van der Waals surface area contributed by atoms with Crippen LogP contribution in [0.1, 0.15) is 73.9 Å². The molecule has 0 saturated heterocycles. The molecule has 0 aromatic heterocycles. The Morgan fingerprint density at radius 2 is 1.60 bits per heavy atom. The third-order valence-electron chi connectivity index (χ3n) is 5.39. The average Bonchev–Trinajstić information content (AvgIpc) is 2.81. The highest BCUT2D eigenvalue weighted by molar-refractivity contribution is 7.70. The van der Waals surface area contributed by atoms with Gasteiger partial charge in [-0.2, -0.15) is 0 Å². The maximum Gasteiger partial charge on any atom is 0.396 e. The van der Waals surface area contributed by atoms with E-state index in [-0.39, 0.29) is 18.1 Å². The number of unbranched alkanes of at least 4 members (excludes halogenated alkanes) is 5. The van der Waals surface area contributed by atoms with Crippen LogP contribution in [0.3, 0.4) is 0 Å². The minimum atomic E-state index is -4.91. The number of hydrogen-bond acceptors (Lipinski definition) is 5. The monoisotopic (exact) mass is 505 g/mol. The summed E-state index contributed by atoms with van der Waals surface area (Å²) in [5.74, 6) is 1.08. The molecule has 9 heteroatoms. The smallest absolute Gasteiger partial charge is 0.396 e. The van der Waals surface area contributed by atoms with E-state index < -0.39 is 13.1 Å². The van der Waals surface area contributed by atoms with Gasteiger partial charge in [0.05, 0.1) is 13.2 Å². The Hall–Kier alpha value is -2.67. The highest BCUT2D eigenvalue weighted by atomic mass is 31.2. The highest BCUT2D eigenvalue weighted by Crippen LogP contribution is 2.40. The number of amides is 1. The van der Waals surface area contributed by atoms with Crippen LogP contribution < -0.4 is 14.8 Å². The summed E-state index contributed by atoms with van der Waals surface area (Å²) in [5.41, 5.74) is 0.209. The van der Waals surface area contributed by atoms with E-state index in [1.807, 2.05) is 24.3 Å². The number of carbonyl (C=O) groups is 2. The minimum Gasteiger partial charge on any atom is -0.494 e. The fourth-order valence-electron chi connectivity index (χ4n) is 3.54. The van der Waals surface area contributed by atoms with Gasteiger partial charge in [0.1, 0.15) is 18.1 Å². The zero-order chi connectivity index (χ0) is 25.7. The van der Waals surface area contributed by atoms with Crippen molar-refractivity contribution >= 4 is 19.0 Å². The van der Waals surface area contributed by atoms with E-state index in [0.717, 1.165) is 24.2 Å². The zero-order valence-electron chi connectivity index (χ0n) is 20.5. The SMILES string of the molecule is CCCCCCCCOc1ccc(Cc2cc(C(=O)P(=O)(O)O)ccc2OCCNC(C)=O)cc1. The van der Waals surface area contributed by atoms with Crippen molar-refractivity contribution in [1.29, 1.82) is 0 Å². The van der Waals surface area contributed by atoms with Crippen LogP contribution in [0.15, 0.2) is 42.5 Å². The Bertz CT molecular complexity index is 1000. The second-order valence-corrected chi connectivity index (χ2v) is 9.93. The molecule has 0 aliphatic heterocycles. The van der Waals surface area contributed by atoms with E-state index in [0.29, 0.717) is 30.9 Å². The lowest BCUT2D eigenvalue weighted by molar-refractivity contribution is -0.119. The van der Waals surface area contributed by atoms with Crippen LogP contribution >= 0.6 is 7.60 Å². The molecule has 0 saturated carbocycles. The lowest BCUT2D eigenvalue weighted by atomic mass is 10.0. The second-order valence-electron chi connectivity index (χ2n) is 8.44. The van der Waals surface area contributed by atoms with Crippen LogP contribution in [-0.4, -0.2) is 41.0 Å². The van der Waals surface area contributed by atoms with Gasteiger partial charge in [-0.25, -0.2) is 0 Å². The fourth-order valence-corrected chi connectivity index (χ4v) is 4.02. The summed E-state index contributed by atoms with van der Waals surface area (Å²) < 4.78 is 23.0. The van der Waals surface area contributed by atoms with Crippen molar-refractivity contribution in [1.82, 2.24) is 5.32 Å². The molecule has 8 nitrogen and oxygen atoms in total. The van der Waals surface area contributed by atoms with E-state index >= 15 is 0 Å². The van der Waals surface area contributed by atoms with Gasteiger partial charge in [-0.05, 0) is 47.9 Å². The molecule has 3 N–H and O–H groups in total. The normalized spacial score (nSPS) is 11.2. The molecule has 0 aliphatic rings. The Kier molecular flexibility index (Phi) is 12.0. The van der Waals surface area contributed by atoms with Crippen molar-refractivity contribution in [2.75, 3.05) is 19.8 Å². The van der Waals surface area contributed by atoms with Crippen LogP contribution in [0.5, 0.6) is 11.5 Å². The number of carbonyl (C=O) groups excluding carboxylic acids is 2. The minimum absolute atomic E-state index is 0.0820. The van der Waals surface area contributed by atoms with Crippen LogP contribution in [0.2, 0.25) is 0 Å². The van der Waals surface area contributed by atoms with Gasteiger partial charge < -0.3 is 24.6 Å². The predicted molar refractivity (Wildman–Crippen MR) is 135 cm³/mol. The van der Waals surface area contributed by atoms with Gasteiger partial charge in [0.2, 0.25) is 5.91 Å². The molecule has 0 aliphatic carbocycles. The van der Waals surface area contributed by atoms with Gasteiger partial charge in [-0.3, -0.25) is 14.2 Å². The third-order valence-corrected chi connectivity index (χ3v) is 6.18. The first-order chi connectivity index (χ1) is 16.7. The first-order valence-corrected chi connectivity index (χ1v) is 13.6. The Morgan fingerprint density at radius 1 is 0.914 bits per heavy atom. The Morgan fingerprint density at radius 3 is 2.26 bits per heavy atom. The maximum atomic E-state index is 12.1. The Labute approximate surface area is 207 Å². The van der Waals surface area contributed by atoms with Gasteiger partial charge in [0.25, 0.3) is 5.52 Å². The highest BCUT2D eigenvalue weighted by Gasteiger charge is 2.28. The van der Waals surface area contributed by atoms with Gasteiger partial charge in [0, 0.05) is 18.9 Å². The van der Waals surface area contributed by atoms with Crippen molar-refractivity contribution in [2.45, 2.75) is 58.8 Å². The van der Waals surface area contributed by atoms with Crippen molar-refractivity contribution in [3.8, 4) is 11.5 Å². The van der Waals surface area contributed by atoms with Gasteiger partial charge >= 0.3 is 7.60 Å². The van der Waals surface area contributed by atoms with Gasteiger partial charge in [-0.15, -0.1) is 0 Å². The summed E-state index contributed by atoms with van der Waals surface area (Å²) in [6.07, 6.45) is 7.57. The molecule has 0 bridgehead atoms. The largest absolute Gasteiger partial charge is 0.494 e. The van der Waals surface area contributed by atoms with Crippen molar-refractivity contribution in [2.24, 2.45) is 0 Å². The summed E-state index contributed by atoms with van der Waals surface area (Å²) in [6.45, 7) is 4.80. The fraction of sp³-hybridized carbons (Fsp3) is 0.462. The standard InChI is InChI=1S/C26H36NO7P/c1-3-4-5-6-7-8-16-33-24-12-9-21(10-13-24)18-23-19-22(26(29)35(30,31)32)11-14-25(23)34-17-15-27-20(2)28/h9-14,19H,3-8,15-18H2,1-2H3,(H,27,28)(H2,30,31,32). The molecule has 0 spiro atoms. The van der Waals surface area contributed by atoms with E-state index in [1.54, 1.807) is 0 Å².